The van der Waals surface area contributed by atoms with Crippen LogP contribution in [0.4, 0.5) is 5.69 Å². The van der Waals surface area contributed by atoms with E-state index in [2.05, 4.69) is 10.7 Å². The van der Waals surface area contributed by atoms with Crippen molar-refractivity contribution < 1.29 is 28.7 Å². The molecule has 1 aliphatic heterocycles. The van der Waals surface area contributed by atoms with Crippen molar-refractivity contribution in [3.05, 3.63) is 65.2 Å². The number of Topliss-reactive ketones (excluding diaryl/α,β-unsaturated/α-hetero) is 1. The molecule has 0 spiro atoms. The summed E-state index contributed by atoms with van der Waals surface area (Å²) < 4.78 is 5.03. The first kappa shape index (κ1) is 22.7. The molecule has 1 atom stereocenters. The van der Waals surface area contributed by atoms with E-state index in [1.807, 2.05) is 0 Å². The standard InChI is InChI=1S/C23H23N3O6/c1-14-5-3-4-6-19(14)22(30)25-26-12-17(11-21(26)29)23(31)32-13-20(28)24-18-9-7-16(8-10-18)15(2)27/h3-10,17H,11-13H2,1-2H3,(H,24,28)(H,25,30)/t17-/m1/s1. The van der Waals surface area contributed by atoms with Gasteiger partial charge in [0.2, 0.25) is 5.91 Å². The van der Waals surface area contributed by atoms with Crippen molar-refractivity contribution in [2.24, 2.45) is 5.92 Å². The number of carbonyl (C=O) groups is 5. The number of esters is 1. The number of anilines is 1. The highest BCUT2D eigenvalue weighted by atomic mass is 16.5. The second-order valence-electron chi connectivity index (χ2n) is 7.45. The minimum absolute atomic E-state index is 0.0383. The maximum Gasteiger partial charge on any atom is 0.311 e. The van der Waals surface area contributed by atoms with E-state index in [1.165, 1.54) is 6.92 Å². The number of nitrogens with one attached hydrogen (secondary N) is 2. The second-order valence-corrected chi connectivity index (χ2v) is 7.45. The monoisotopic (exact) mass is 437 g/mol. The zero-order valence-corrected chi connectivity index (χ0v) is 17.7. The number of hydrazine groups is 1. The molecular formula is C23H23N3O6. The van der Waals surface area contributed by atoms with Crippen molar-refractivity contribution in [3.8, 4) is 0 Å². The molecule has 2 N–H and O–H groups in total. The smallest absolute Gasteiger partial charge is 0.311 e. The van der Waals surface area contributed by atoms with Crippen LogP contribution in [-0.4, -0.2) is 47.6 Å². The molecule has 0 radical (unpaired) electrons. The summed E-state index contributed by atoms with van der Waals surface area (Å²) in [6.45, 7) is 2.66. The van der Waals surface area contributed by atoms with Crippen LogP contribution < -0.4 is 10.7 Å². The Morgan fingerprint density at radius 3 is 2.41 bits per heavy atom. The molecule has 0 bridgehead atoms. The maximum absolute atomic E-state index is 12.4. The molecule has 3 amide bonds. The third-order valence-electron chi connectivity index (χ3n) is 5.01. The number of hydrogen-bond acceptors (Lipinski definition) is 6. The predicted molar refractivity (Wildman–Crippen MR) is 115 cm³/mol. The van der Waals surface area contributed by atoms with E-state index in [1.54, 1.807) is 55.5 Å². The van der Waals surface area contributed by atoms with E-state index in [-0.39, 0.29) is 18.7 Å². The first-order chi connectivity index (χ1) is 15.2. The summed E-state index contributed by atoms with van der Waals surface area (Å²) in [5.41, 5.74) is 4.67. The van der Waals surface area contributed by atoms with Gasteiger partial charge >= 0.3 is 5.97 Å². The minimum atomic E-state index is -0.790. The third kappa shape index (κ3) is 5.57. The first-order valence-corrected chi connectivity index (χ1v) is 9.99. The Labute approximate surface area is 184 Å². The van der Waals surface area contributed by atoms with Gasteiger partial charge in [-0.25, -0.2) is 0 Å². The molecule has 1 saturated heterocycles. The molecule has 0 saturated carbocycles. The number of benzene rings is 2. The Balaban J connectivity index is 1.48. The van der Waals surface area contributed by atoms with Gasteiger partial charge in [0.15, 0.2) is 12.4 Å². The van der Waals surface area contributed by atoms with Gasteiger partial charge in [0.25, 0.3) is 11.8 Å². The van der Waals surface area contributed by atoms with Gasteiger partial charge in [0.1, 0.15) is 0 Å². The Kier molecular flexibility index (Phi) is 6.99. The molecule has 1 fully saturated rings. The lowest BCUT2D eigenvalue weighted by Crippen LogP contribution is -2.43. The number of ketones is 1. The molecule has 0 aromatic heterocycles. The average Bonchev–Trinajstić information content (AvgIpc) is 3.13. The predicted octanol–water partition coefficient (Wildman–Crippen LogP) is 1.87. The largest absolute Gasteiger partial charge is 0.455 e. The van der Waals surface area contributed by atoms with Crippen LogP contribution in [0.5, 0.6) is 0 Å². The van der Waals surface area contributed by atoms with Gasteiger partial charge in [0, 0.05) is 23.2 Å². The molecular weight excluding hydrogens is 414 g/mol. The van der Waals surface area contributed by atoms with E-state index >= 15 is 0 Å². The number of hydrogen-bond donors (Lipinski definition) is 2. The van der Waals surface area contributed by atoms with E-state index in [0.29, 0.717) is 16.8 Å². The molecule has 0 unspecified atom stereocenters. The number of nitrogens with zero attached hydrogens (tertiary/aromatic N) is 1. The van der Waals surface area contributed by atoms with Crippen molar-refractivity contribution in [2.75, 3.05) is 18.5 Å². The van der Waals surface area contributed by atoms with Crippen LogP contribution in [0.2, 0.25) is 0 Å². The molecule has 9 nitrogen and oxygen atoms in total. The highest BCUT2D eigenvalue weighted by molar-refractivity contribution is 5.98. The van der Waals surface area contributed by atoms with Crippen LogP contribution in [0.3, 0.4) is 0 Å². The van der Waals surface area contributed by atoms with Crippen LogP contribution in [0.25, 0.3) is 0 Å². The summed E-state index contributed by atoms with van der Waals surface area (Å²) >= 11 is 0. The van der Waals surface area contributed by atoms with Crippen molar-refractivity contribution in [2.45, 2.75) is 20.3 Å². The number of aryl methyl sites for hydroxylation is 1. The Morgan fingerprint density at radius 1 is 1.06 bits per heavy atom. The Bertz CT molecular complexity index is 1060. The van der Waals surface area contributed by atoms with Gasteiger partial charge in [0.05, 0.1) is 12.5 Å². The van der Waals surface area contributed by atoms with Crippen molar-refractivity contribution in [1.29, 1.82) is 0 Å². The van der Waals surface area contributed by atoms with Gasteiger partial charge in [-0.3, -0.25) is 34.4 Å². The number of amides is 3. The summed E-state index contributed by atoms with van der Waals surface area (Å²) in [6, 6.07) is 13.2. The fourth-order valence-electron chi connectivity index (χ4n) is 3.22. The second kappa shape index (κ2) is 9.86. The van der Waals surface area contributed by atoms with Crippen molar-refractivity contribution in [1.82, 2.24) is 10.4 Å². The Morgan fingerprint density at radius 2 is 1.75 bits per heavy atom. The molecule has 9 heteroatoms. The van der Waals surface area contributed by atoms with Crippen LogP contribution in [-0.2, 0) is 19.1 Å². The van der Waals surface area contributed by atoms with Crippen LogP contribution in [0.1, 0.15) is 39.6 Å². The normalized spacial score (nSPS) is 15.2. The number of rotatable bonds is 7. The first-order valence-electron chi connectivity index (χ1n) is 9.99. The lowest BCUT2D eigenvalue weighted by Gasteiger charge is -2.18. The molecule has 0 aliphatic carbocycles. The molecule has 1 aliphatic rings. The zero-order valence-electron chi connectivity index (χ0n) is 17.7. The maximum atomic E-state index is 12.4. The fraction of sp³-hybridized carbons (Fsp3) is 0.261. The Hall–Kier alpha value is -4.01. The van der Waals surface area contributed by atoms with Crippen LogP contribution in [0, 0.1) is 12.8 Å². The van der Waals surface area contributed by atoms with Gasteiger partial charge in [-0.05, 0) is 49.7 Å². The summed E-state index contributed by atoms with van der Waals surface area (Å²) in [5.74, 6) is -2.99. The zero-order chi connectivity index (χ0) is 23.3. The molecule has 1 heterocycles. The average molecular weight is 437 g/mol. The van der Waals surface area contributed by atoms with Gasteiger partial charge < -0.3 is 10.1 Å². The van der Waals surface area contributed by atoms with Crippen molar-refractivity contribution >= 4 is 35.2 Å². The SMILES string of the molecule is CC(=O)c1ccc(NC(=O)COC(=O)[C@@H]2CC(=O)N(NC(=O)c3ccccc3C)C2)cc1. The van der Waals surface area contributed by atoms with E-state index in [0.717, 1.165) is 10.6 Å². The quantitative estimate of drug-likeness (QED) is 0.504. The van der Waals surface area contributed by atoms with E-state index in [4.69, 9.17) is 4.74 Å². The van der Waals surface area contributed by atoms with E-state index < -0.39 is 36.2 Å². The molecule has 2 aromatic carbocycles. The van der Waals surface area contributed by atoms with Gasteiger partial charge in [-0.1, -0.05) is 18.2 Å². The molecule has 32 heavy (non-hydrogen) atoms. The minimum Gasteiger partial charge on any atom is -0.455 e. The van der Waals surface area contributed by atoms with E-state index in [9.17, 15) is 24.0 Å². The number of ether oxygens (including phenoxy) is 1. The van der Waals surface area contributed by atoms with Gasteiger partial charge in [-0.15, -0.1) is 0 Å². The highest BCUT2D eigenvalue weighted by Crippen LogP contribution is 2.18. The highest BCUT2D eigenvalue weighted by Gasteiger charge is 2.36. The molecule has 3 rings (SSSR count). The molecule has 166 valence electrons. The fourth-order valence-corrected chi connectivity index (χ4v) is 3.22. The summed E-state index contributed by atoms with van der Waals surface area (Å²) in [6.07, 6.45) is -0.124. The lowest BCUT2D eigenvalue weighted by molar-refractivity contribution is -0.151. The lowest BCUT2D eigenvalue weighted by atomic mass is 10.1. The number of carbonyl (C=O) groups excluding carboxylic acids is 5. The summed E-state index contributed by atoms with van der Waals surface area (Å²) in [7, 11) is 0. The summed E-state index contributed by atoms with van der Waals surface area (Å²) in [4.78, 5) is 60.2. The van der Waals surface area contributed by atoms with Gasteiger partial charge in [-0.2, -0.15) is 0 Å². The topological polar surface area (TPSA) is 122 Å². The van der Waals surface area contributed by atoms with Crippen molar-refractivity contribution in [3.63, 3.8) is 0 Å². The van der Waals surface area contributed by atoms with Crippen LogP contribution in [0.15, 0.2) is 48.5 Å². The van der Waals surface area contributed by atoms with Crippen LogP contribution >= 0.6 is 0 Å². The molecule has 2 aromatic rings. The summed E-state index contributed by atoms with van der Waals surface area (Å²) in [5, 5.41) is 3.65. The third-order valence-corrected chi connectivity index (χ3v) is 5.01.